The van der Waals surface area contributed by atoms with Crippen molar-refractivity contribution in [3.8, 4) is 0 Å². The molecule has 0 aromatic heterocycles. The molecule has 2 saturated heterocycles. The van der Waals surface area contributed by atoms with Crippen molar-refractivity contribution in [2.24, 2.45) is 0 Å². The molecule has 2 aliphatic heterocycles. The summed E-state index contributed by atoms with van der Waals surface area (Å²) in [5.74, 6) is -0.145. The van der Waals surface area contributed by atoms with Crippen molar-refractivity contribution in [3.05, 3.63) is 71.5 Å². The summed E-state index contributed by atoms with van der Waals surface area (Å²) in [6.45, 7) is 9.08. The largest absolute Gasteiger partial charge is 0.300 e. The van der Waals surface area contributed by atoms with Gasteiger partial charge < -0.3 is 0 Å². The van der Waals surface area contributed by atoms with Gasteiger partial charge in [0.25, 0.3) is 0 Å². The molecule has 0 saturated carbocycles. The number of piperazine rings is 1. The summed E-state index contributed by atoms with van der Waals surface area (Å²) in [7, 11) is 0. The molecule has 4 rings (SSSR count). The van der Waals surface area contributed by atoms with Gasteiger partial charge in [-0.1, -0.05) is 42.5 Å². The van der Waals surface area contributed by atoms with Gasteiger partial charge in [-0.05, 0) is 29.7 Å². The van der Waals surface area contributed by atoms with E-state index in [1.807, 2.05) is 12.1 Å². The van der Waals surface area contributed by atoms with Crippen LogP contribution in [-0.2, 0) is 6.54 Å². The zero-order valence-corrected chi connectivity index (χ0v) is 15.4. The molecule has 4 heteroatoms. The number of likely N-dealkylation sites (tertiary alicyclic amines) is 1. The van der Waals surface area contributed by atoms with Crippen LogP contribution in [0.3, 0.4) is 0 Å². The molecule has 0 spiro atoms. The fourth-order valence-corrected chi connectivity index (χ4v) is 4.05. The molecular formula is C22H28FN3. The topological polar surface area (TPSA) is 9.72 Å². The quantitative estimate of drug-likeness (QED) is 0.788. The van der Waals surface area contributed by atoms with Crippen LogP contribution in [0.2, 0.25) is 0 Å². The molecule has 1 atom stereocenters. The third kappa shape index (κ3) is 4.32. The van der Waals surface area contributed by atoms with Gasteiger partial charge in [-0.25, -0.2) is 4.39 Å². The third-order valence-corrected chi connectivity index (χ3v) is 5.80. The molecule has 0 bridgehead atoms. The van der Waals surface area contributed by atoms with Crippen LogP contribution in [-0.4, -0.2) is 60.5 Å². The van der Waals surface area contributed by atoms with Crippen LogP contribution in [0.1, 0.15) is 23.6 Å². The van der Waals surface area contributed by atoms with Crippen molar-refractivity contribution in [2.45, 2.75) is 19.0 Å². The second kappa shape index (κ2) is 8.30. The standard InChI is InChI=1S/C22H28FN3/c23-21-8-6-20(7-9-21)22-10-11-26(22)17-16-24-12-14-25(15-13-24)18-19-4-2-1-3-5-19/h1-9,22H,10-18H2/t22-/m0/s1. The second-order valence-electron chi connectivity index (χ2n) is 7.50. The minimum atomic E-state index is -0.145. The molecule has 3 nitrogen and oxygen atoms in total. The van der Waals surface area contributed by atoms with E-state index in [9.17, 15) is 4.39 Å². The average molecular weight is 353 g/mol. The zero-order chi connectivity index (χ0) is 17.8. The van der Waals surface area contributed by atoms with Crippen LogP contribution >= 0.6 is 0 Å². The summed E-state index contributed by atoms with van der Waals surface area (Å²) in [5.41, 5.74) is 2.66. The first-order chi connectivity index (χ1) is 12.8. The lowest BCUT2D eigenvalue weighted by molar-refractivity contribution is 0.0600. The first kappa shape index (κ1) is 17.7. The van der Waals surface area contributed by atoms with Crippen molar-refractivity contribution in [1.82, 2.24) is 14.7 Å². The number of hydrogen-bond acceptors (Lipinski definition) is 3. The normalized spacial score (nSPS) is 22.3. The maximum Gasteiger partial charge on any atom is 0.123 e. The molecule has 2 fully saturated rings. The number of nitrogens with zero attached hydrogens (tertiary/aromatic N) is 3. The highest BCUT2D eigenvalue weighted by Crippen LogP contribution is 2.32. The minimum Gasteiger partial charge on any atom is -0.300 e. The molecule has 0 radical (unpaired) electrons. The fourth-order valence-electron chi connectivity index (χ4n) is 4.05. The maximum atomic E-state index is 13.1. The molecule has 2 aromatic rings. The second-order valence-corrected chi connectivity index (χ2v) is 7.50. The zero-order valence-electron chi connectivity index (χ0n) is 15.4. The van der Waals surface area contributed by atoms with E-state index >= 15 is 0 Å². The minimum absolute atomic E-state index is 0.145. The highest BCUT2D eigenvalue weighted by molar-refractivity contribution is 5.22. The van der Waals surface area contributed by atoms with Gasteiger partial charge in [0.15, 0.2) is 0 Å². The molecule has 0 unspecified atom stereocenters. The Morgan fingerprint density at radius 3 is 2.12 bits per heavy atom. The Labute approximate surface area is 156 Å². The number of halogens is 1. The van der Waals surface area contributed by atoms with E-state index in [0.717, 1.165) is 52.4 Å². The summed E-state index contributed by atoms with van der Waals surface area (Å²) in [4.78, 5) is 7.67. The number of hydrogen-bond donors (Lipinski definition) is 0. The summed E-state index contributed by atoms with van der Waals surface area (Å²) >= 11 is 0. The van der Waals surface area contributed by atoms with E-state index in [4.69, 9.17) is 0 Å². The van der Waals surface area contributed by atoms with Gasteiger partial charge >= 0.3 is 0 Å². The van der Waals surface area contributed by atoms with Crippen molar-refractivity contribution in [2.75, 3.05) is 45.8 Å². The maximum absolute atomic E-state index is 13.1. The number of rotatable bonds is 6. The molecule has 0 amide bonds. The van der Waals surface area contributed by atoms with Gasteiger partial charge in [0.2, 0.25) is 0 Å². The lowest BCUT2D eigenvalue weighted by atomic mass is 9.95. The number of benzene rings is 2. The Hall–Kier alpha value is -1.75. The van der Waals surface area contributed by atoms with Gasteiger partial charge in [0.1, 0.15) is 5.82 Å². The summed E-state index contributed by atoms with van der Waals surface area (Å²) in [6.07, 6.45) is 1.19. The van der Waals surface area contributed by atoms with Crippen LogP contribution in [0, 0.1) is 5.82 Å². The van der Waals surface area contributed by atoms with E-state index in [1.165, 1.54) is 17.5 Å². The highest BCUT2D eigenvalue weighted by atomic mass is 19.1. The first-order valence-electron chi connectivity index (χ1n) is 9.76. The summed E-state index contributed by atoms with van der Waals surface area (Å²) in [6, 6.07) is 18.3. The Morgan fingerprint density at radius 1 is 0.769 bits per heavy atom. The first-order valence-corrected chi connectivity index (χ1v) is 9.76. The lowest BCUT2D eigenvalue weighted by Crippen LogP contribution is -2.50. The molecule has 0 aliphatic carbocycles. The van der Waals surface area contributed by atoms with Crippen molar-refractivity contribution in [1.29, 1.82) is 0 Å². The average Bonchev–Trinajstić information content (AvgIpc) is 2.65. The molecule has 138 valence electrons. The van der Waals surface area contributed by atoms with Crippen LogP contribution < -0.4 is 0 Å². The van der Waals surface area contributed by atoms with Crippen LogP contribution in [0.5, 0.6) is 0 Å². The Balaban J connectivity index is 1.20. The Morgan fingerprint density at radius 2 is 1.46 bits per heavy atom. The fraction of sp³-hybridized carbons (Fsp3) is 0.455. The summed E-state index contributed by atoms with van der Waals surface area (Å²) in [5, 5.41) is 0. The molecule has 2 aromatic carbocycles. The van der Waals surface area contributed by atoms with E-state index in [-0.39, 0.29) is 5.82 Å². The predicted octanol–water partition coefficient (Wildman–Crippen LogP) is 3.39. The molecule has 2 aliphatic rings. The van der Waals surface area contributed by atoms with E-state index < -0.39 is 0 Å². The van der Waals surface area contributed by atoms with Crippen molar-refractivity contribution in [3.63, 3.8) is 0 Å². The van der Waals surface area contributed by atoms with Gasteiger partial charge in [0, 0.05) is 58.4 Å². The van der Waals surface area contributed by atoms with E-state index in [2.05, 4.69) is 45.0 Å². The SMILES string of the molecule is Fc1ccc([C@@H]2CCN2CCN2CCN(Cc3ccccc3)CC2)cc1. The summed E-state index contributed by atoms with van der Waals surface area (Å²) < 4.78 is 13.1. The van der Waals surface area contributed by atoms with Gasteiger partial charge in [-0.3, -0.25) is 14.7 Å². The van der Waals surface area contributed by atoms with E-state index in [0.29, 0.717) is 6.04 Å². The van der Waals surface area contributed by atoms with Crippen molar-refractivity contribution < 1.29 is 4.39 Å². The molecule has 2 heterocycles. The van der Waals surface area contributed by atoms with Crippen LogP contribution in [0.4, 0.5) is 4.39 Å². The van der Waals surface area contributed by atoms with Gasteiger partial charge in [0.05, 0.1) is 0 Å². The molecule has 0 N–H and O–H groups in total. The molecular weight excluding hydrogens is 325 g/mol. The third-order valence-electron chi connectivity index (χ3n) is 5.80. The van der Waals surface area contributed by atoms with Crippen LogP contribution in [0.15, 0.2) is 54.6 Å². The van der Waals surface area contributed by atoms with E-state index in [1.54, 1.807) is 12.1 Å². The predicted molar refractivity (Wildman–Crippen MR) is 103 cm³/mol. The smallest absolute Gasteiger partial charge is 0.123 e. The van der Waals surface area contributed by atoms with Gasteiger partial charge in [-0.2, -0.15) is 0 Å². The van der Waals surface area contributed by atoms with Crippen LogP contribution in [0.25, 0.3) is 0 Å². The Kier molecular flexibility index (Phi) is 5.63. The Bertz CT molecular complexity index is 680. The van der Waals surface area contributed by atoms with Crippen molar-refractivity contribution >= 4 is 0 Å². The molecule has 26 heavy (non-hydrogen) atoms. The lowest BCUT2D eigenvalue weighted by Gasteiger charge is -2.43. The highest BCUT2D eigenvalue weighted by Gasteiger charge is 2.29. The monoisotopic (exact) mass is 353 g/mol. The van der Waals surface area contributed by atoms with Gasteiger partial charge in [-0.15, -0.1) is 0 Å².